The summed E-state index contributed by atoms with van der Waals surface area (Å²) in [6.07, 6.45) is 5.67. The van der Waals surface area contributed by atoms with Crippen LogP contribution in [0.4, 0.5) is 0 Å². The predicted octanol–water partition coefficient (Wildman–Crippen LogP) is 2.69. The van der Waals surface area contributed by atoms with E-state index in [1.807, 2.05) is 0 Å². The molecule has 1 heterocycles. The third-order valence-corrected chi connectivity index (χ3v) is 1.75. The minimum Gasteiger partial charge on any atom is -0.370 e. The van der Waals surface area contributed by atoms with E-state index in [0.717, 1.165) is 13.0 Å². The number of hydrogen-bond acceptors (Lipinski definition) is 1. The molecule has 1 aliphatic rings. The van der Waals surface area contributed by atoms with E-state index in [0.29, 0.717) is 0 Å². The molecule has 1 atom stereocenters. The molecule has 0 fully saturated rings. The van der Waals surface area contributed by atoms with Gasteiger partial charge in [-0.2, -0.15) is 0 Å². The zero-order chi connectivity index (χ0) is 8.27. The van der Waals surface area contributed by atoms with Crippen LogP contribution in [0.25, 0.3) is 0 Å². The second-order valence-corrected chi connectivity index (χ2v) is 3.34. The Morgan fingerprint density at radius 3 is 2.91 bits per heavy atom. The van der Waals surface area contributed by atoms with Crippen LogP contribution in [-0.2, 0) is 4.74 Å². The summed E-state index contributed by atoms with van der Waals surface area (Å²) < 4.78 is 5.51. The Hall–Kier alpha value is -0.560. The third-order valence-electron chi connectivity index (χ3n) is 1.75. The smallest absolute Gasteiger partial charge is 0.0942 e. The molecule has 1 unspecified atom stereocenters. The number of rotatable bonds is 1. The van der Waals surface area contributed by atoms with Gasteiger partial charge in [0, 0.05) is 0 Å². The zero-order valence-electron chi connectivity index (χ0n) is 7.55. The van der Waals surface area contributed by atoms with Crippen molar-refractivity contribution in [2.24, 2.45) is 0 Å². The van der Waals surface area contributed by atoms with Crippen molar-refractivity contribution in [3.8, 4) is 0 Å². The number of ether oxygens (including phenoxy) is 1. The first-order valence-electron chi connectivity index (χ1n) is 4.12. The molecule has 1 aliphatic heterocycles. The first-order valence-corrected chi connectivity index (χ1v) is 4.12. The van der Waals surface area contributed by atoms with Gasteiger partial charge in [0.1, 0.15) is 0 Å². The molecule has 1 nitrogen and oxygen atoms in total. The molecular formula is C10H16O. The Bertz CT molecular complexity index is 185. The molecule has 0 amide bonds. The molecule has 0 saturated heterocycles. The minimum absolute atomic E-state index is 0.230. The summed E-state index contributed by atoms with van der Waals surface area (Å²) in [6.45, 7) is 7.23. The van der Waals surface area contributed by atoms with Crippen molar-refractivity contribution in [1.82, 2.24) is 0 Å². The van der Waals surface area contributed by atoms with E-state index in [4.69, 9.17) is 4.74 Å². The maximum Gasteiger partial charge on any atom is 0.0942 e. The van der Waals surface area contributed by atoms with Gasteiger partial charge in [0.05, 0.1) is 12.7 Å². The molecule has 0 saturated carbocycles. The average Bonchev–Trinajstić information content (AvgIpc) is 1.85. The van der Waals surface area contributed by atoms with Crippen molar-refractivity contribution in [3.63, 3.8) is 0 Å². The lowest BCUT2D eigenvalue weighted by atomic mass is 10.1. The third kappa shape index (κ3) is 2.89. The summed E-state index contributed by atoms with van der Waals surface area (Å²) >= 11 is 0. The standard InChI is InChI=1S/C10H16O/c1-8(2)6-10-7-9(3)4-5-11-10/h6-7,10H,4-5H2,1-3H3. The van der Waals surface area contributed by atoms with E-state index >= 15 is 0 Å². The Labute approximate surface area is 68.8 Å². The Kier molecular flexibility index (Phi) is 2.89. The van der Waals surface area contributed by atoms with Crippen molar-refractivity contribution in [2.75, 3.05) is 6.61 Å². The van der Waals surface area contributed by atoms with Crippen molar-refractivity contribution in [2.45, 2.75) is 33.3 Å². The monoisotopic (exact) mass is 152 g/mol. The van der Waals surface area contributed by atoms with Gasteiger partial charge in [-0.1, -0.05) is 23.3 Å². The first kappa shape index (κ1) is 8.54. The molecule has 0 aliphatic carbocycles. The summed E-state index contributed by atoms with van der Waals surface area (Å²) in [7, 11) is 0. The molecule has 11 heavy (non-hydrogen) atoms. The van der Waals surface area contributed by atoms with Crippen LogP contribution in [0, 0.1) is 0 Å². The van der Waals surface area contributed by atoms with Gasteiger partial charge < -0.3 is 4.74 Å². The summed E-state index contributed by atoms with van der Waals surface area (Å²) in [5.74, 6) is 0. The van der Waals surface area contributed by atoms with Gasteiger partial charge in [-0.15, -0.1) is 0 Å². The highest BCUT2D eigenvalue weighted by Gasteiger charge is 2.07. The van der Waals surface area contributed by atoms with Crippen LogP contribution in [0.15, 0.2) is 23.3 Å². The van der Waals surface area contributed by atoms with Crippen LogP contribution in [0.5, 0.6) is 0 Å². The lowest BCUT2D eigenvalue weighted by molar-refractivity contribution is 0.106. The SMILES string of the molecule is CC(C)=CC1C=C(C)CCO1. The normalized spacial score (nSPS) is 24.3. The van der Waals surface area contributed by atoms with Crippen molar-refractivity contribution >= 4 is 0 Å². The van der Waals surface area contributed by atoms with E-state index in [1.54, 1.807) is 0 Å². The largest absolute Gasteiger partial charge is 0.370 e. The predicted molar refractivity (Wildman–Crippen MR) is 47.5 cm³/mol. The van der Waals surface area contributed by atoms with Gasteiger partial charge in [-0.3, -0.25) is 0 Å². The zero-order valence-corrected chi connectivity index (χ0v) is 7.55. The van der Waals surface area contributed by atoms with Crippen molar-refractivity contribution < 1.29 is 4.74 Å². The molecule has 0 N–H and O–H groups in total. The summed E-state index contributed by atoms with van der Waals surface area (Å²) in [5, 5.41) is 0. The van der Waals surface area contributed by atoms with E-state index in [1.165, 1.54) is 11.1 Å². The minimum atomic E-state index is 0.230. The fourth-order valence-corrected chi connectivity index (χ4v) is 1.19. The fourth-order valence-electron chi connectivity index (χ4n) is 1.19. The van der Waals surface area contributed by atoms with Crippen LogP contribution in [0.2, 0.25) is 0 Å². The molecule has 0 aromatic rings. The fraction of sp³-hybridized carbons (Fsp3) is 0.600. The van der Waals surface area contributed by atoms with Crippen LogP contribution < -0.4 is 0 Å². The van der Waals surface area contributed by atoms with Gasteiger partial charge in [0.25, 0.3) is 0 Å². The molecule has 0 bridgehead atoms. The van der Waals surface area contributed by atoms with Crippen LogP contribution in [0.1, 0.15) is 27.2 Å². The summed E-state index contributed by atoms with van der Waals surface area (Å²) in [5.41, 5.74) is 2.76. The average molecular weight is 152 g/mol. The molecule has 1 rings (SSSR count). The van der Waals surface area contributed by atoms with Gasteiger partial charge in [-0.25, -0.2) is 0 Å². The lowest BCUT2D eigenvalue weighted by Crippen LogP contribution is -2.14. The summed E-state index contributed by atoms with van der Waals surface area (Å²) in [6, 6.07) is 0. The van der Waals surface area contributed by atoms with E-state index in [2.05, 4.69) is 32.9 Å². The van der Waals surface area contributed by atoms with Gasteiger partial charge in [-0.05, 0) is 27.2 Å². The molecular weight excluding hydrogens is 136 g/mol. The second-order valence-electron chi connectivity index (χ2n) is 3.34. The van der Waals surface area contributed by atoms with Crippen LogP contribution in [0.3, 0.4) is 0 Å². The van der Waals surface area contributed by atoms with Crippen molar-refractivity contribution in [1.29, 1.82) is 0 Å². The molecule has 0 radical (unpaired) electrons. The molecule has 1 heteroatoms. The number of hydrogen-bond donors (Lipinski definition) is 0. The summed E-state index contributed by atoms with van der Waals surface area (Å²) in [4.78, 5) is 0. The highest BCUT2D eigenvalue weighted by atomic mass is 16.5. The molecule has 0 aromatic heterocycles. The van der Waals surface area contributed by atoms with Crippen molar-refractivity contribution in [3.05, 3.63) is 23.3 Å². The van der Waals surface area contributed by atoms with E-state index < -0.39 is 0 Å². The number of allylic oxidation sites excluding steroid dienone is 1. The molecule has 0 aromatic carbocycles. The second kappa shape index (κ2) is 3.72. The van der Waals surface area contributed by atoms with Crippen LogP contribution in [-0.4, -0.2) is 12.7 Å². The molecule has 62 valence electrons. The highest BCUT2D eigenvalue weighted by molar-refractivity contribution is 5.13. The maximum atomic E-state index is 5.51. The topological polar surface area (TPSA) is 9.23 Å². The van der Waals surface area contributed by atoms with Gasteiger partial charge >= 0.3 is 0 Å². The Balaban J connectivity index is 2.60. The first-order chi connectivity index (χ1) is 5.18. The van der Waals surface area contributed by atoms with Crippen LogP contribution >= 0.6 is 0 Å². The Morgan fingerprint density at radius 1 is 1.64 bits per heavy atom. The van der Waals surface area contributed by atoms with Gasteiger partial charge in [0.15, 0.2) is 0 Å². The van der Waals surface area contributed by atoms with E-state index in [-0.39, 0.29) is 6.10 Å². The van der Waals surface area contributed by atoms with E-state index in [9.17, 15) is 0 Å². The maximum absolute atomic E-state index is 5.51. The Morgan fingerprint density at radius 2 is 2.36 bits per heavy atom. The quantitative estimate of drug-likeness (QED) is 0.525. The van der Waals surface area contributed by atoms with Gasteiger partial charge in [0.2, 0.25) is 0 Å². The molecule has 0 spiro atoms. The lowest BCUT2D eigenvalue weighted by Gasteiger charge is -2.17. The highest BCUT2D eigenvalue weighted by Crippen LogP contribution is 2.13.